The zero-order valence-corrected chi connectivity index (χ0v) is 13.8. The number of likely N-dealkylation sites (N-methyl/N-ethyl adjacent to an activating group) is 1. The number of hydrogen-bond donors (Lipinski definition) is 1. The second kappa shape index (κ2) is 7.16. The minimum atomic E-state index is 0.829. The van der Waals surface area contributed by atoms with Crippen LogP contribution in [0.1, 0.15) is 19.4 Å². The standard InChI is InChI=1S/C18H27N3O/c1-3-20(4-2)9-8-15-14-19-16-6-5-7-17(18(15)16)21-10-12-22-13-11-21/h5-7,14,19H,3-4,8-13H2,1-2H3. The van der Waals surface area contributed by atoms with Gasteiger partial charge in [0.25, 0.3) is 0 Å². The maximum absolute atomic E-state index is 5.50. The van der Waals surface area contributed by atoms with Gasteiger partial charge in [0.2, 0.25) is 0 Å². The summed E-state index contributed by atoms with van der Waals surface area (Å²) in [5, 5.41) is 1.40. The molecule has 1 N–H and O–H groups in total. The lowest BCUT2D eigenvalue weighted by Gasteiger charge is -2.30. The third-order valence-corrected chi connectivity index (χ3v) is 4.71. The van der Waals surface area contributed by atoms with Gasteiger partial charge < -0.3 is 19.5 Å². The lowest BCUT2D eigenvalue weighted by Crippen LogP contribution is -2.36. The van der Waals surface area contributed by atoms with Crippen LogP contribution in [0.5, 0.6) is 0 Å². The molecule has 4 nitrogen and oxygen atoms in total. The van der Waals surface area contributed by atoms with Gasteiger partial charge in [0.1, 0.15) is 0 Å². The summed E-state index contributed by atoms with van der Waals surface area (Å²) < 4.78 is 5.50. The van der Waals surface area contributed by atoms with Gasteiger partial charge in [-0.15, -0.1) is 0 Å². The van der Waals surface area contributed by atoms with Crippen LogP contribution in [0.3, 0.4) is 0 Å². The minimum Gasteiger partial charge on any atom is -0.378 e. The van der Waals surface area contributed by atoms with Crippen LogP contribution in [-0.4, -0.2) is 55.8 Å². The van der Waals surface area contributed by atoms with Crippen molar-refractivity contribution < 1.29 is 4.74 Å². The summed E-state index contributed by atoms with van der Waals surface area (Å²) >= 11 is 0. The molecule has 1 aromatic heterocycles. The molecule has 1 aromatic carbocycles. The Kier molecular flexibility index (Phi) is 5.01. The van der Waals surface area contributed by atoms with E-state index in [1.54, 1.807) is 0 Å². The summed E-state index contributed by atoms with van der Waals surface area (Å²) in [7, 11) is 0. The van der Waals surface area contributed by atoms with Crippen molar-refractivity contribution in [2.24, 2.45) is 0 Å². The van der Waals surface area contributed by atoms with Crippen molar-refractivity contribution in [3.05, 3.63) is 30.0 Å². The number of nitrogens with zero attached hydrogens (tertiary/aromatic N) is 2. The number of aromatic nitrogens is 1. The van der Waals surface area contributed by atoms with Crippen molar-refractivity contribution in [3.8, 4) is 0 Å². The average molecular weight is 301 g/mol. The van der Waals surface area contributed by atoms with Gasteiger partial charge in [0.15, 0.2) is 0 Å². The minimum absolute atomic E-state index is 0.829. The number of morpholine rings is 1. The van der Waals surface area contributed by atoms with Gasteiger partial charge in [-0.3, -0.25) is 0 Å². The molecule has 0 amide bonds. The molecule has 3 rings (SSSR count). The maximum Gasteiger partial charge on any atom is 0.0642 e. The molecule has 0 saturated carbocycles. The van der Waals surface area contributed by atoms with E-state index in [-0.39, 0.29) is 0 Å². The molecule has 0 aliphatic carbocycles. The first kappa shape index (κ1) is 15.4. The number of rotatable bonds is 6. The summed E-state index contributed by atoms with van der Waals surface area (Å²) in [6.45, 7) is 11.5. The largest absolute Gasteiger partial charge is 0.378 e. The van der Waals surface area contributed by atoms with Crippen molar-refractivity contribution in [1.82, 2.24) is 9.88 Å². The lowest BCUT2D eigenvalue weighted by atomic mass is 10.1. The maximum atomic E-state index is 5.50. The molecule has 2 heterocycles. The van der Waals surface area contributed by atoms with Crippen molar-refractivity contribution in [3.63, 3.8) is 0 Å². The summed E-state index contributed by atoms with van der Waals surface area (Å²) in [6.07, 6.45) is 3.29. The first-order valence-corrected chi connectivity index (χ1v) is 8.47. The third kappa shape index (κ3) is 3.13. The van der Waals surface area contributed by atoms with E-state index in [0.29, 0.717) is 0 Å². The van der Waals surface area contributed by atoms with Crippen molar-refractivity contribution in [2.45, 2.75) is 20.3 Å². The highest BCUT2D eigenvalue weighted by atomic mass is 16.5. The number of fused-ring (bicyclic) bond motifs is 1. The fraction of sp³-hybridized carbons (Fsp3) is 0.556. The van der Waals surface area contributed by atoms with Crippen molar-refractivity contribution >= 4 is 16.6 Å². The fourth-order valence-electron chi connectivity index (χ4n) is 3.32. The van der Waals surface area contributed by atoms with Crippen LogP contribution < -0.4 is 4.90 Å². The van der Waals surface area contributed by atoms with Crippen molar-refractivity contribution in [2.75, 3.05) is 50.8 Å². The zero-order valence-electron chi connectivity index (χ0n) is 13.8. The first-order chi connectivity index (χ1) is 10.8. The number of hydrogen-bond acceptors (Lipinski definition) is 3. The fourth-order valence-corrected chi connectivity index (χ4v) is 3.32. The molecule has 0 unspecified atom stereocenters. The lowest BCUT2D eigenvalue weighted by molar-refractivity contribution is 0.123. The molecule has 1 fully saturated rings. The van der Waals surface area contributed by atoms with Gasteiger partial charge in [0, 0.05) is 42.4 Å². The van der Waals surface area contributed by atoms with Crippen LogP contribution in [0, 0.1) is 0 Å². The Bertz CT molecular complexity index is 597. The van der Waals surface area contributed by atoms with Crippen LogP contribution >= 0.6 is 0 Å². The van der Waals surface area contributed by atoms with E-state index >= 15 is 0 Å². The predicted octanol–water partition coefficient (Wildman–Crippen LogP) is 2.89. The van der Waals surface area contributed by atoms with Crippen LogP contribution in [0.25, 0.3) is 10.9 Å². The Morgan fingerprint density at radius 1 is 1.18 bits per heavy atom. The summed E-state index contributed by atoms with van der Waals surface area (Å²) in [5.74, 6) is 0. The summed E-state index contributed by atoms with van der Waals surface area (Å²) in [4.78, 5) is 8.39. The SMILES string of the molecule is CCN(CC)CCc1c[nH]c2cccc(N3CCOCC3)c12. The highest BCUT2D eigenvalue weighted by Crippen LogP contribution is 2.30. The molecule has 4 heteroatoms. The zero-order chi connectivity index (χ0) is 15.4. The number of nitrogens with one attached hydrogen (secondary N) is 1. The number of H-pyrrole nitrogens is 1. The number of anilines is 1. The average Bonchev–Trinajstić information content (AvgIpc) is 3.00. The monoisotopic (exact) mass is 301 g/mol. The Morgan fingerprint density at radius 2 is 1.95 bits per heavy atom. The normalized spacial score (nSPS) is 15.9. The van der Waals surface area contributed by atoms with Gasteiger partial charge in [-0.2, -0.15) is 0 Å². The van der Waals surface area contributed by atoms with E-state index in [0.717, 1.165) is 52.4 Å². The van der Waals surface area contributed by atoms with E-state index < -0.39 is 0 Å². The molecule has 1 saturated heterocycles. The third-order valence-electron chi connectivity index (χ3n) is 4.71. The summed E-state index contributed by atoms with van der Waals surface area (Å²) in [6, 6.07) is 6.58. The highest BCUT2D eigenvalue weighted by molar-refractivity contribution is 5.95. The van der Waals surface area contributed by atoms with Crippen molar-refractivity contribution in [1.29, 1.82) is 0 Å². The Balaban J connectivity index is 1.87. The van der Waals surface area contributed by atoms with E-state index in [4.69, 9.17) is 4.74 Å². The second-order valence-corrected chi connectivity index (χ2v) is 5.89. The van der Waals surface area contributed by atoms with E-state index in [1.807, 2.05) is 0 Å². The Hall–Kier alpha value is -1.52. The van der Waals surface area contributed by atoms with Crippen LogP contribution in [0.15, 0.2) is 24.4 Å². The first-order valence-electron chi connectivity index (χ1n) is 8.47. The molecule has 0 bridgehead atoms. The van der Waals surface area contributed by atoms with Gasteiger partial charge in [0.05, 0.1) is 13.2 Å². The number of aromatic amines is 1. The second-order valence-electron chi connectivity index (χ2n) is 5.89. The van der Waals surface area contributed by atoms with E-state index in [9.17, 15) is 0 Å². The predicted molar refractivity (Wildman–Crippen MR) is 92.8 cm³/mol. The van der Waals surface area contributed by atoms with Crippen LogP contribution in [0.4, 0.5) is 5.69 Å². The Morgan fingerprint density at radius 3 is 2.68 bits per heavy atom. The Labute approximate surface area is 133 Å². The van der Waals surface area contributed by atoms with Gasteiger partial charge in [-0.05, 0) is 37.2 Å². The molecule has 0 radical (unpaired) electrons. The molecule has 0 spiro atoms. The molecule has 1 aliphatic rings. The van der Waals surface area contributed by atoms with E-state index in [1.165, 1.54) is 22.2 Å². The van der Waals surface area contributed by atoms with Crippen LogP contribution in [-0.2, 0) is 11.2 Å². The molecule has 0 atom stereocenters. The van der Waals surface area contributed by atoms with Gasteiger partial charge in [-0.1, -0.05) is 19.9 Å². The highest BCUT2D eigenvalue weighted by Gasteiger charge is 2.16. The van der Waals surface area contributed by atoms with Crippen LogP contribution in [0.2, 0.25) is 0 Å². The molecular weight excluding hydrogens is 274 g/mol. The molecule has 120 valence electrons. The van der Waals surface area contributed by atoms with Gasteiger partial charge in [-0.25, -0.2) is 0 Å². The van der Waals surface area contributed by atoms with E-state index in [2.05, 4.69) is 53.0 Å². The van der Waals surface area contributed by atoms with Gasteiger partial charge >= 0.3 is 0 Å². The smallest absolute Gasteiger partial charge is 0.0642 e. The quantitative estimate of drug-likeness (QED) is 0.890. The summed E-state index contributed by atoms with van der Waals surface area (Å²) in [5.41, 5.74) is 4.04. The number of ether oxygens (including phenoxy) is 1. The molecule has 22 heavy (non-hydrogen) atoms. The molecule has 2 aromatic rings. The topological polar surface area (TPSA) is 31.5 Å². The number of benzene rings is 1. The molecular formula is C18H27N3O. The molecule has 1 aliphatic heterocycles.